The van der Waals surface area contributed by atoms with Crippen LogP contribution in [-0.2, 0) is 0 Å². The van der Waals surface area contributed by atoms with Crippen LogP contribution in [0.25, 0.3) is 0 Å². The second-order valence-electron chi connectivity index (χ2n) is 5.41. The van der Waals surface area contributed by atoms with E-state index in [4.69, 9.17) is 0 Å². The first-order chi connectivity index (χ1) is 8.33. The Morgan fingerprint density at radius 3 is 2.88 bits per heavy atom. The van der Waals surface area contributed by atoms with E-state index in [1.807, 2.05) is 12.4 Å². The summed E-state index contributed by atoms with van der Waals surface area (Å²) in [6.07, 6.45) is 6.44. The van der Waals surface area contributed by atoms with Crippen LogP contribution < -0.4 is 5.32 Å². The smallest absolute Gasteiger partial charge is 0.0295 e. The van der Waals surface area contributed by atoms with E-state index in [-0.39, 0.29) is 0 Å². The van der Waals surface area contributed by atoms with E-state index >= 15 is 0 Å². The van der Waals surface area contributed by atoms with Crippen molar-refractivity contribution in [3.8, 4) is 0 Å². The third kappa shape index (κ3) is 2.35. The summed E-state index contributed by atoms with van der Waals surface area (Å²) in [7, 11) is 0. The molecule has 3 nitrogen and oxygen atoms in total. The lowest BCUT2D eigenvalue weighted by Gasteiger charge is -2.33. The molecule has 0 radical (unpaired) electrons. The molecule has 0 saturated carbocycles. The highest BCUT2D eigenvalue weighted by Crippen LogP contribution is 2.28. The lowest BCUT2D eigenvalue weighted by Crippen LogP contribution is -2.44. The Labute approximate surface area is 103 Å². The monoisotopic (exact) mass is 231 g/mol. The summed E-state index contributed by atoms with van der Waals surface area (Å²) < 4.78 is 0. The first-order valence-corrected chi connectivity index (χ1v) is 6.71. The van der Waals surface area contributed by atoms with Crippen LogP contribution in [0.1, 0.15) is 31.4 Å². The summed E-state index contributed by atoms with van der Waals surface area (Å²) in [4.78, 5) is 6.68. The van der Waals surface area contributed by atoms with Gasteiger partial charge in [-0.1, -0.05) is 0 Å². The molecule has 2 aliphatic rings. The fourth-order valence-electron chi connectivity index (χ4n) is 3.24. The third-order valence-corrected chi connectivity index (χ3v) is 4.30. The van der Waals surface area contributed by atoms with Crippen molar-refractivity contribution in [1.29, 1.82) is 0 Å². The van der Waals surface area contributed by atoms with Crippen molar-refractivity contribution in [2.24, 2.45) is 5.92 Å². The van der Waals surface area contributed by atoms with Crippen molar-refractivity contribution in [2.45, 2.75) is 31.8 Å². The summed E-state index contributed by atoms with van der Waals surface area (Å²) in [6, 6.07) is 5.37. The molecule has 3 rings (SSSR count). The Morgan fingerprint density at radius 2 is 2.06 bits per heavy atom. The maximum Gasteiger partial charge on any atom is 0.0295 e. The number of fused-ring (bicyclic) bond motifs is 2. The van der Waals surface area contributed by atoms with Gasteiger partial charge in [0.1, 0.15) is 0 Å². The Morgan fingerprint density at radius 1 is 1.29 bits per heavy atom. The molecule has 92 valence electrons. The molecule has 3 heteroatoms. The van der Waals surface area contributed by atoms with Gasteiger partial charge >= 0.3 is 0 Å². The van der Waals surface area contributed by atoms with Crippen molar-refractivity contribution < 1.29 is 0 Å². The average Bonchev–Trinajstić information content (AvgIpc) is 2.77. The van der Waals surface area contributed by atoms with Crippen molar-refractivity contribution in [3.05, 3.63) is 30.1 Å². The largest absolute Gasteiger partial charge is 0.307 e. The summed E-state index contributed by atoms with van der Waals surface area (Å²) in [5.41, 5.74) is 1.35. The van der Waals surface area contributed by atoms with E-state index in [2.05, 4.69) is 34.3 Å². The summed E-state index contributed by atoms with van der Waals surface area (Å²) in [5.74, 6) is 0.869. The predicted octanol–water partition coefficient (Wildman–Crippen LogP) is 1.83. The maximum atomic E-state index is 4.08. The van der Waals surface area contributed by atoms with Crippen LogP contribution in [-0.4, -0.2) is 35.6 Å². The fourth-order valence-corrected chi connectivity index (χ4v) is 3.24. The minimum Gasteiger partial charge on any atom is -0.307 e. The summed E-state index contributed by atoms with van der Waals surface area (Å²) >= 11 is 0. The molecular weight excluding hydrogens is 210 g/mol. The van der Waals surface area contributed by atoms with Gasteiger partial charge in [-0.2, -0.15) is 0 Å². The summed E-state index contributed by atoms with van der Waals surface area (Å²) in [6.45, 7) is 6.15. The minimum absolute atomic E-state index is 0.440. The topological polar surface area (TPSA) is 28.2 Å². The van der Waals surface area contributed by atoms with Gasteiger partial charge in [0.25, 0.3) is 0 Å². The number of rotatable bonds is 3. The molecule has 2 saturated heterocycles. The quantitative estimate of drug-likeness (QED) is 0.860. The molecule has 4 atom stereocenters. The van der Waals surface area contributed by atoms with E-state index < -0.39 is 0 Å². The van der Waals surface area contributed by atoms with Crippen LogP contribution in [0.3, 0.4) is 0 Å². The van der Waals surface area contributed by atoms with Gasteiger partial charge in [0.05, 0.1) is 0 Å². The van der Waals surface area contributed by atoms with Crippen molar-refractivity contribution >= 4 is 0 Å². The Bertz CT molecular complexity index is 365. The number of aromatic nitrogens is 1. The molecule has 0 aliphatic carbocycles. The summed E-state index contributed by atoms with van der Waals surface area (Å²) in [5, 5.41) is 3.81. The first-order valence-electron chi connectivity index (χ1n) is 6.71. The second kappa shape index (κ2) is 4.75. The van der Waals surface area contributed by atoms with Gasteiger partial charge in [-0.05, 0) is 56.5 Å². The van der Waals surface area contributed by atoms with Gasteiger partial charge in [-0.15, -0.1) is 0 Å². The van der Waals surface area contributed by atoms with Gasteiger partial charge in [0.2, 0.25) is 0 Å². The van der Waals surface area contributed by atoms with Gasteiger partial charge in [-0.3, -0.25) is 4.98 Å². The molecule has 2 bridgehead atoms. The number of nitrogens with zero attached hydrogens (tertiary/aromatic N) is 2. The highest BCUT2D eigenvalue weighted by Gasteiger charge is 2.34. The number of nitrogens with one attached hydrogen (secondary N) is 1. The Balaban J connectivity index is 1.63. The molecule has 2 fully saturated rings. The van der Waals surface area contributed by atoms with Crippen LogP contribution in [0.4, 0.5) is 0 Å². The third-order valence-electron chi connectivity index (χ3n) is 4.30. The number of pyridine rings is 1. The fraction of sp³-hybridized carbons (Fsp3) is 0.643. The van der Waals surface area contributed by atoms with E-state index in [9.17, 15) is 0 Å². The molecule has 1 aromatic rings. The molecule has 17 heavy (non-hydrogen) atoms. The lowest BCUT2D eigenvalue weighted by molar-refractivity contribution is 0.212. The molecule has 0 spiro atoms. The second-order valence-corrected chi connectivity index (χ2v) is 5.41. The maximum absolute atomic E-state index is 4.08. The molecule has 0 amide bonds. The molecule has 1 aromatic heterocycles. The van der Waals surface area contributed by atoms with Crippen LogP contribution in [0.15, 0.2) is 24.5 Å². The standard InChI is InChI=1S/C14H21N3/c1-11(12-2-6-15-7-3-12)16-14-5-9-17-8-4-13(14)10-17/h2-3,6-7,11,13-14,16H,4-5,8-10H2,1H3/t11-,13?,14?/m0/s1. The highest BCUT2D eigenvalue weighted by molar-refractivity contribution is 5.14. The van der Waals surface area contributed by atoms with Gasteiger partial charge in [0.15, 0.2) is 0 Å². The molecule has 3 heterocycles. The van der Waals surface area contributed by atoms with Crippen LogP contribution in [0.2, 0.25) is 0 Å². The minimum atomic E-state index is 0.440. The van der Waals surface area contributed by atoms with Gasteiger partial charge < -0.3 is 10.2 Å². The van der Waals surface area contributed by atoms with E-state index in [0.717, 1.165) is 5.92 Å². The van der Waals surface area contributed by atoms with E-state index in [0.29, 0.717) is 12.1 Å². The molecular formula is C14H21N3. The van der Waals surface area contributed by atoms with Crippen LogP contribution in [0, 0.1) is 5.92 Å². The van der Waals surface area contributed by atoms with Crippen molar-refractivity contribution in [2.75, 3.05) is 19.6 Å². The van der Waals surface area contributed by atoms with Gasteiger partial charge in [0, 0.05) is 31.0 Å². The Hall–Kier alpha value is -0.930. The zero-order chi connectivity index (χ0) is 11.7. The van der Waals surface area contributed by atoms with E-state index in [1.165, 1.54) is 38.0 Å². The first kappa shape index (κ1) is 11.2. The Kier molecular flexibility index (Phi) is 3.12. The van der Waals surface area contributed by atoms with Crippen LogP contribution in [0.5, 0.6) is 0 Å². The number of piperidine rings is 1. The molecule has 3 unspecified atom stereocenters. The number of hydrogen-bond acceptors (Lipinski definition) is 3. The van der Waals surface area contributed by atoms with Crippen LogP contribution >= 0.6 is 0 Å². The van der Waals surface area contributed by atoms with Crippen molar-refractivity contribution in [1.82, 2.24) is 15.2 Å². The molecule has 0 aromatic carbocycles. The number of hydrogen-bond donors (Lipinski definition) is 1. The predicted molar refractivity (Wildman–Crippen MR) is 68.7 cm³/mol. The molecule has 1 N–H and O–H groups in total. The zero-order valence-electron chi connectivity index (χ0n) is 10.5. The zero-order valence-corrected chi connectivity index (χ0v) is 10.5. The normalized spacial score (nSPS) is 33.6. The highest BCUT2D eigenvalue weighted by atomic mass is 15.2. The van der Waals surface area contributed by atoms with Crippen molar-refractivity contribution in [3.63, 3.8) is 0 Å². The SMILES string of the molecule is C[C@H](NC1CCN2CCC1C2)c1ccncc1. The average molecular weight is 231 g/mol. The van der Waals surface area contributed by atoms with Gasteiger partial charge in [-0.25, -0.2) is 0 Å². The van der Waals surface area contributed by atoms with E-state index in [1.54, 1.807) is 0 Å². The molecule has 2 aliphatic heterocycles. The lowest BCUT2D eigenvalue weighted by atomic mass is 9.93.